The first-order valence-corrected chi connectivity index (χ1v) is 6.83. The van der Waals surface area contributed by atoms with Crippen LogP contribution in [0.15, 0.2) is 18.2 Å². The number of hydrogen-bond acceptors (Lipinski definition) is 4. The van der Waals surface area contributed by atoms with Crippen molar-refractivity contribution in [2.75, 3.05) is 6.54 Å². The molecule has 2 heterocycles. The first-order valence-electron chi connectivity index (χ1n) is 6.83. The Balaban J connectivity index is 1.94. The van der Waals surface area contributed by atoms with E-state index in [1.54, 1.807) is 12.1 Å². The van der Waals surface area contributed by atoms with Crippen LogP contribution in [0.1, 0.15) is 39.1 Å². The molecule has 0 radical (unpaired) electrons. The Morgan fingerprint density at radius 2 is 2.00 bits per heavy atom. The number of benzene rings is 1. The minimum absolute atomic E-state index is 0.225. The monoisotopic (exact) mass is 286 g/mol. The second-order valence-electron chi connectivity index (χ2n) is 5.21. The number of rotatable bonds is 2. The molecule has 6 nitrogen and oxygen atoms in total. The molecule has 1 aromatic rings. The Morgan fingerprint density at radius 3 is 2.71 bits per heavy atom. The molecule has 2 aliphatic heterocycles. The van der Waals surface area contributed by atoms with Crippen molar-refractivity contribution >= 4 is 24.0 Å². The number of imide groups is 1. The van der Waals surface area contributed by atoms with Crippen LogP contribution >= 0.6 is 0 Å². The zero-order chi connectivity index (χ0) is 15.0. The summed E-state index contributed by atoms with van der Waals surface area (Å²) in [6.07, 6.45) is 1.81. The molecule has 108 valence electrons. The number of carbonyl (C=O) groups is 4. The number of nitrogens with zero attached hydrogens (tertiary/aromatic N) is 1. The fourth-order valence-corrected chi connectivity index (χ4v) is 2.95. The predicted molar refractivity (Wildman–Crippen MR) is 72.7 cm³/mol. The van der Waals surface area contributed by atoms with Crippen LogP contribution in [-0.2, 0) is 16.0 Å². The summed E-state index contributed by atoms with van der Waals surface area (Å²) in [7, 11) is 0. The molecule has 0 saturated carbocycles. The summed E-state index contributed by atoms with van der Waals surface area (Å²) in [5, 5.41) is 2.26. The second kappa shape index (κ2) is 5.12. The SMILES string of the molecule is O=Cc1cccc2c1C(=O)N(C1CCC(=O)NC1=O)CC2. The standard InChI is InChI=1S/C15H14N2O4/c18-8-10-3-1-2-9-6-7-17(15(21)13(9)10)11-4-5-12(19)16-14(11)20/h1-3,8,11H,4-7H2,(H,16,19,20). The van der Waals surface area contributed by atoms with Gasteiger partial charge < -0.3 is 4.90 Å². The molecule has 2 aliphatic rings. The number of fused-ring (bicyclic) bond motifs is 1. The normalized spacial score (nSPS) is 21.8. The van der Waals surface area contributed by atoms with Crippen molar-refractivity contribution in [1.82, 2.24) is 10.2 Å². The second-order valence-corrected chi connectivity index (χ2v) is 5.21. The van der Waals surface area contributed by atoms with Gasteiger partial charge in [0.15, 0.2) is 6.29 Å². The van der Waals surface area contributed by atoms with Gasteiger partial charge in [0, 0.05) is 18.5 Å². The van der Waals surface area contributed by atoms with Crippen molar-refractivity contribution in [3.8, 4) is 0 Å². The summed E-state index contributed by atoms with van der Waals surface area (Å²) in [6.45, 7) is 0.417. The number of carbonyl (C=O) groups excluding carboxylic acids is 4. The molecule has 0 spiro atoms. The molecule has 0 bridgehead atoms. The van der Waals surface area contributed by atoms with E-state index in [0.717, 1.165) is 5.56 Å². The van der Waals surface area contributed by atoms with E-state index >= 15 is 0 Å². The molecule has 3 rings (SSSR count). The molecule has 1 unspecified atom stereocenters. The van der Waals surface area contributed by atoms with Crippen LogP contribution in [0.5, 0.6) is 0 Å². The summed E-state index contributed by atoms with van der Waals surface area (Å²) in [5.41, 5.74) is 1.55. The number of amides is 3. The molecule has 3 amide bonds. The molecule has 1 saturated heterocycles. The van der Waals surface area contributed by atoms with Crippen molar-refractivity contribution in [1.29, 1.82) is 0 Å². The third kappa shape index (κ3) is 2.22. The van der Waals surface area contributed by atoms with E-state index in [2.05, 4.69) is 5.32 Å². The fourth-order valence-electron chi connectivity index (χ4n) is 2.95. The van der Waals surface area contributed by atoms with Crippen molar-refractivity contribution in [2.24, 2.45) is 0 Å². The van der Waals surface area contributed by atoms with Gasteiger partial charge in [-0.05, 0) is 18.4 Å². The molecule has 6 heteroatoms. The highest BCUT2D eigenvalue weighted by atomic mass is 16.2. The first-order chi connectivity index (χ1) is 10.1. The maximum absolute atomic E-state index is 12.6. The maximum atomic E-state index is 12.6. The molecular weight excluding hydrogens is 272 g/mol. The van der Waals surface area contributed by atoms with E-state index in [9.17, 15) is 19.2 Å². The number of piperidine rings is 1. The molecule has 0 aromatic heterocycles. The lowest BCUT2D eigenvalue weighted by molar-refractivity contribution is -0.136. The van der Waals surface area contributed by atoms with E-state index in [1.807, 2.05) is 6.07 Å². The highest BCUT2D eigenvalue weighted by molar-refractivity contribution is 6.07. The summed E-state index contributed by atoms with van der Waals surface area (Å²) in [4.78, 5) is 48.3. The summed E-state index contributed by atoms with van der Waals surface area (Å²) >= 11 is 0. The van der Waals surface area contributed by atoms with Crippen molar-refractivity contribution in [3.63, 3.8) is 0 Å². The van der Waals surface area contributed by atoms with Crippen LogP contribution in [0, 0.1) is 0 Å². The average Bonchev–Trinajstić information content (AvgIpc) is 2.48. The van der Waals surface area contributed by atoms with Gasteiger partial charge in [-0.3, -0.25) is 24.5 Å². The van der Waals surface area contributed by atoms with Gasteiger partial charge in [-0.1, -0.05) is 18.2 Å². The molecule has 1 aromatic carbocycles. The van der Waals surface area contributed by atoms with E-state index in [1.165, 1.54) is 4.90 Å². The zero-order valence-corrected chi connectivity index (χ0v) is 11.3. The third-order valence-corrected chi connectivity index (χ3v) is 3.99. The number of hydrogen-bond donors (Lipinski definition) is 1. The smallest absolute Gasteiger partial charge is 0.255 e. The number of nitrogens with one attached hydrogen (secondary N) is 1. The lowest BCUT2D eigenvalue weighted by atomic mass is 9.92. The average molecular weight is 286 g/mol. The van der Waals surface area contributed by atoms with E-state index in [0.29, 0.717) is 36.8 Å². The predicted octanol–water partition coefficient (Wildman–Crippen LogP) is 0.303. The maximum Gasteiger partial charge on any atom is 0.255 e. The van der Waals surface area contributed by atoms with Crippen molar-refractivity contribution in [3.05, 3.63) is 34.9 Å². The lowest BCUT2D eigenvalue weighted by Crippen LogP contribution is -2.56. The largest absolute Gasteiger partial charge is 0.326 e. The number of aldehydes is 1. The first kappa shape index (κ1) is 13.5. The highest BCUT2D eigenvalue weighted by Crippen LogP contribution is 2.25. The van der Waals surface area contributed by atoms with Gasteiger partial charge in [0.25, 0.3) is 5.91 Å². The highest BCUT2D eigenvalue weighted by Gasteiger charge is 2.37. The van der Waals surface area contributed by atoms with Crippen molar-refractivity contribution in [2.45, 2.75) is 25.3 Å². The van der Waals surface area contributed by atoms with Gasteiger partial charge in [-0.15, -0.1) is 0 Å². The third-order valence-electron chi connectivity index (χ3n) is 3.99. The Kier molecular flexibility index (Phi) is 3.29. The van der Waals surface area contributed by atoms with Crippen LogP contribution in [-0.4, -0.2) is 41.5 Å². The molecule has 1 atom stereocenters. The van der Waals surface area contributed by atoms with Crippen LogP contribution in [0.4, 0.5) is 0 Å². The Hall–Kier alpha value is -2.50. The van der Waals surface area contributed by atoms with Crippen LogP contribution in [0.3, 0.4) is 0 Å². The van der Waals surface area contributed by atoms with Crippen LogP contribution in [0.25, 0.3) is 0 Å². The van der Waals surface area contributed by atoms with Crippen LogP contribution in [0.2, 0.25) is 0 Å². The zero-order valence-electron chi connectivity index (χ0n) is 11.3. The van der Waals surface area contributed by atoms with Crippen molar-refractivity contribution < 1.29 is 19.2 Å². The van der Waals surface area contributed by atoms with E-state index < -0.39 is 11.9 Å². The topological polar surface area (TPSA) is 83.6 Å². The minimum atomic E-state index is -0.636. The van der Waals surface area contributed by atoms with Gasteiger partial charge in [0.05, 0.1) is 5.56 Å². The van der Waals surface area contributed by atoms with Gasteiger partial charge in [-0.25, -0.2) is 0 Å². The lowest BCUT2D eigenvalue weighted by Gasteiger charge is -2.36. The Morgan fingerprint density at radius 1 is 1.19 bits per heavy atom. The molecule has 1 fully saturated rings. The fraction of sp³-hybridized carbons (Fsp3) is 0.333. The van der Waals surface area contributed by atoms with Gasteiger partial charge in [-0.2, -0.15) is 0 Å². The molecule has 21 heavy (non-hydrogen) atoms. The van der Waals surface area contributed by atoms with E-state index in [4.69, 9.17) is 0 Å². The Bertz CT molecular complexity index is 653. The minimum Gasteiger partial charge on any atom is -0.326 e. The summed E-state index contributed by atoms with van der Waals surface area (Å²) < 4.78 is 0. The summed E-state index contributed by atoms with van der Waals surface area (Å²) in [6, 6.07) is 4.53. The van der Waals surface area contributed by atoms with Gasteiger partial charge in [0.1, 0.15) is 6.04 Å². The van der Waals surface area contributed by atoms with Gasteiger partial charge >= 0.3 is 0 Å². The quantitative estimate of drug-likeness (QED) is 0.626. The summed E-state index contributed by atoms with van der Waals surface area (Å²) in [5.74, 6) is -1.06. The molecule has 0 aliphatic carbocycles. The molecular formula is C15H14N2O4. The van der Waals surface area contributed by atoms with E-state index in [-0.39, 0.29) is 18.2 Å². The Labute approximate surface area is 121 Å². The molecule has 1 N–H and O–H groups in total. The van der Waals surface area contributed by atoms with Gasteiger partial charge in [0.2, 0.25) is 11.8 Å². The van der Waals surface area contributed by atoms with Crippen LogP contribution < -0.4 is 5.32 Å².